The van der Waals surface area contributed by atoms with Gasteiger partial charge >= 0.3 is 6.03 Å². The molecule has 1 aliphatic rings. The number of aromatic nitrogens is 2. The van der Waals surface area contributed by atoms with Crippen molar-refractivity contribution in [1.82, 2.24) is 25.1 Å². The second-order valence-electron chi connectivity index (χ2n) is 6.87. The van der Waals surface area contributed by atoms with E-state index >= 15 is 0 Å². The van der Waals surface area contributed by atoms with Crippen molar-refractivity contribution in [1.29, 1.82) is 0 Å². The van der Waals surface area contributed by atoms with Crippen molar-refractivity contribution in [2.75, 3.05) is 38.1 Å². The fourth-order valence-corrected chi connectivity index (χ4v) is 3.17. The number of amides is 3. The summed E-state index contributed by atoms with van der Waals surface area (Å²) < 4.78 is 0. The van der Waals surface area contributed by atoms with Gasteiger partial charge in [-0.25, -0.2) is 14.8 Å². The maximum atomic E-state index is 12.6. The second kappa shape index (κ2) is 9.16. The average molecular weight is 382 g/mol. The number of nitrogens with zero attached hydrogens (tertiary/aromatic N) is 5. The maximum absolute atomic E-state index is 12.6. The maximum Gasteiger partial charge on any atom is 0.318 e. The Kier molecular flexibility index (Phi) is 6.41. The predicted octanol–water partition coefficient (Wildman–Crippen LogP) is 1.36. The first kappa shape index (κ1) is 19.6. The van der Waals surface area contributed by atoms with Crippen LogP contribution in [0.15, 0.2) is 48.8 Å². The van der Waals surface area contributed by atoms with E-state index in [1.54, 1.807) is 42.2 Å². The first-order valence-electron chi connectivity index (χ1n) is 9.41. The highest BCUT2D eigenvalue weighted by Crippen LogP contribution is 2.10. The van der Waals surface area contributed by atoms with Gasteiger partial charge < -0.3 is 20.0 Å². The van der Waals surface area contributed by atoms with Crippen LogP contribution in [0.2, 0.25) is 0 Å². The van der Waals surface area contributed by atoms with Gasteiger partial charge in [-0.05, 0) is 18.6 Å². The van der Waals surface area contributed by atoms with Gasteiger partial charge in [0.25, 0.3) is 0 Å². The third-order valence-electron chi connectivity index (χ3n) is 4.75. The largest absolute Gasteiger partial charge is 0.340 e. The van der Waals surface area contributed by atoms with Gasteiger partial charge in [0.1, 0.15) is 6.04 Å². The number of nitrogens with one attached hydrogen (secondary N) is 1. The van der Waals surface area contributed by atoms with E-state index in [4.69, 9.17) is 0 Å². The average Bonchev–Trinajstić information content (AvgIpc) is 2.74. The number of carbonyl (C=O) groups is 2. The van der Waals surface area contributed by atoms with E-state index in [1.165, 1.54) is 0 Å². The zero-order chi connectivity index (χ0) is 19.9. The van der Waals surface area contributed by atoms with Crippen LogP contribution in [0.5, 0.6) is 0 Å². The van der Waals surface area contributed by atoms with Crippen molar-refractivity contribution >= 4 is 17.9 Å². The SMILES string of the molecule is CC(NC(=O)N1CCN(c2ncccn2)CC1)C(=O)N(C)Cc1ccccc1. The molecule has 8 nitrogen and oxygen atoms in total. The second-order valence-corrected chi connectivity index (χ2v) is 6.87. The molecule has 1 saturated heterocycles. The summed E-state index contributed by atoms with van der Waals surface area (Å²) in [7, 11) is 1.75. The van der Waals surface area contributed by atoms with Gasteiger partial charge in [-0.2, -0.15) is 0 Å². The molecular weight excluding hydrogens is 356 g/mol. The minimum absolute atomic E-state index is 0.117. The number of rotatable bonds is 5. The minimum Gasteiger partial charge on any atom is -0.340 e. The van der Waals surface area contributed by atoms with Crippen molar-refractivity contribution in [3.63, 3.8) is 0 Å². The van der Waals surface area contributed by atoms with Crippen LogP contribution in [0.1, 0.15) is 12.5 Å². The van der Waals surface area contributed by atoms with E-state index < -0.39 is 6.04 Å². The van der Waals surface area contributed by atoms with Crippen molar-refractivity contribution < 1.29 is 9.59 Å². The monoisotopic (exact) mass is 382 g/mol. The molecule has 3 amide bonds. The van der Waals surface area contributed by atoms with Crippen LogP contribution >= 0.6 is 0 Å². The molecule has 1 aromatic heterocycles. The predicted molar refractivity (Wildman–Crippen MR) is 107 cm³/mol. The molecule has 1 unspecified atom stereocenters. The van der Waals surface area contributed by atoms with Crippen LogP contribution in [0.4, 0.5) is 10.7 Å². The molecule has 28 heavy (non-hydrogen) atoms. The number of urea groups is 1. The topological polar surface area (TPSA) is 81.7 Å². The number of anilines is 1. The Bertz CT molecular complexity index is 778. The molecule has 2 heterocycles. The van der Waals surface area contributed by atoms with E-state index in [2.05, 4.69) is 15.3 Å². The summed E-state index contributed by atoms with van der Waals surface area (Å²) in [4.78, 5) is 39.0. The summed E-state index contributed by atoms with van der Waals surface area (Å²) in [6.45, 7) is 4.67. The number of benzene rings is 1. The van der Waals surface area contributed by atoms with E-state index in [9.17, 15) is 9.59 Å². The van der Waals surface area contributed by atoms with Gasteiger partial charge in [-0.15, -0.1) is 0 Å². The first-order valence-corrected chi connectivity index (χ1v) is 9.41. The summed E-state index contributed by atoms with van der Waals surface area (Å²) in [5.41, 5.74) is 1.05. The van der Waals surface area contributed by atoms with Crippen molar-refractivity contribution in [2.24, 2.45) is 0 Å². The molecule has 1 aromatic carbocycles. The number of likely N-dealkylation sites (N-methyl/N-ethyl adjacent to an activating group) is 1. The Morgan fingerprint density at radius 3 is 2.36 bits per heavy atom. The van der Waals surface area contributed by atoms with Crippen LogP contribution in [0.3, 0.4) is 0 Å². The molecule has 0 bridgehead atoms. The zero-order valence-electron chi connectivity index (χ0n) is 16.3. The highest BCUT2D eigenvalue weighted by molar-refractivity contribution is 5.86. The number of hydrogen-bond donors (Lipinski definition) is 1. The molecule has 148 valence electrons. The molecule has 1 atom stereocenters. The van der Waals surface area contributed by atoms with E-state index in [0.29, 0.717) is 38.7 Å². The fraction of sp³-hybridized carbons (Fsp3) is 0.400. The minimum atomic E-state index is -0.586. The van der Waals surface area contributed by atoms with Gasteiger partial charge in [-0.1, -0.05) is 30.3 Å². The van der Waals surface area contributed by atoms with Gasteiger partial charge in [0.15, 0.2) is 0 Å². The number of piperazine rings is 1. The van der Waals surface area contributed by atoms with Crippen LogP contribution in [-0.2, 0) is 11.3 Å². The summed E-state index contributed by atoms with van der Waals surface area (Å²) >= 11 is 0. The Labute approximate surface area is 165 Å². The Hall–Kier alpha value is -3.16. The Morgan fingerprint density at radius 2 is 1.71 bits per heavy atom. The van der Waals surface area contributed by atoms with Crippen molar-refractivity contribution in [3.05, 3.63) is 54.4 Å². The normalized spacial score (nSPS) is 15.1. The quantitative estimate of drug-likeness (QED) is 0.844. The summed E-state index contributed by atoms with van der Waals surface area (Å²) in [5.74, 6) is 0.558. The van der Waals surface area contributed by atoms with Crippen LogP contribution in [0, 0.1) is 0 Å². The lowest BCUT2D eigenvalue weighted by atomic mass is 10.2. The molecule has 0 radical (unpaired) electrons. The summed E-state index contributed by atoms with van der Waals surface area (Å²) in [6.07, 6.45) is 3.42. The molecular formula is C20H26N6O2. The molecule has 8 heteroatoms. The van der Waals surface area contributed by atoms with Crippen LogP contribution in [-0.4, -0.2) is 71.0 Å². The lowest BCUT2D eigenvalue weighted by molar-refractivity contribution is -0.132. The highest BCUT2D eigenvalue weighted by Gasteiger charge is 2.26. The third kappa shape index (κ3) is 4.97. The number of hydrogen-bond acceptors (Lipinski definition) is 5. The van der Waals surface area contributed by atoms with E-state index in [0.717, 1.165) is 5.56 Å². The Morgan fingerprint density at radius 1 is 1.07 bits per heavy atom. The summed E-state index contributed by atoms with van der Waals surface area (Å²) in [6, 6.07) is 10.8. The van der Waals surface area contributed by atoms with Gasteiger partial charge in [0.05, 0.1) is 0 Å². The highest BCUT2D eigenvalue weighted by atomic mass is 16.2. The van der Waals surface area contributed by atoms with Gasteiger partial charge in [0.2, 0.25) is 11.9 Å². The standard InChI is InChI=1S/C20H26N6O2/c1-16(18(27)24(2)15-17-7-4-3-5-8-17)23-20(28)26-13-11-25(12-14-26)19-21-9-6-10-22-19/h3-10,16H,11-15H2,1-2H3,(H,23,28). The van der Waals surface area contributed by atoms with Crippen LogP contribution in [0.25, 0.3) is 0 Å². The van der Waals surface area contributed by atoms with E-state index in [1.807, 2.05) is 35.2 Å². The van der Waals surface area contributed by atoms with E-state index in [-0.39, 0.29) is 11.9 Å². The van der Waals surface area contributed by atoms with Crippen LogP contribution < -0.4 is 10.2 Å². The lowest BCUT2D eigenvalue weighted by Gasteiger charge is -2.35. The summed E-state index contributed by atoms with van der Waals surface area (Å²) in [5, 5.41) is 2.82. The van der Waals surface area contributed by atoms with Gasteiger partial charge in [0, 0.05) is 52.2 Å². The molecule has 1 aliphatic heterocycles. The first-order chi connectivity index (χ1) is 13.5. The molecule has 0 spiro atoms. The molecule has 0 saturated carbocycles. The third-order valence-corrected chi connectivity index (χ3v) is 4.75. The molecule has 1 N–H and O–H groups in total. The van der Waals surface area contributed by atoms with Gasteiger partial charge in [-0.3, -0.25) is 4.79 Å². The van der Waals surface area contributed by atoms with Crippen molar-refractivity contribution in [2.45, 2.75) is 19.5 Å². The molecule has 1 fully saturated rings. The van der Waals surface area contributed by atoms with Crippen molar-refractivity contribution in [3.8, 4) is 0 Å². The number of carbonyl (C=O) groups excluding carboxylic acids is 2. The fourth-order valence-electron chi connectivity index (χ4n) is 3.17. The lowest BCUT2D eigenvalue weighted by Crippen LogP contribution is -2.55. The molecule has 3 rings (SSSR count). The Balaban J connectivity index is 1.47. The zero-order valence-corrected chi connectivity index (χ0v) is 16.3. The smallest absolute Gasteiger partial charge is 0.318 e. The molecule has 2 aromatic rings. The molecule has 0 aliphatic carbocycles.